The topological polar surface area (TPSA) is 85.5 Å². The maximum absolute atomic E-state index is 13.2. The SMILES string of the molecule is CC(C)(C)OC(=O)N(c1ccc(-c2ccncc2)cc1)[C@H](Cc1ccc(C(F)(F)F)cc1)C(N)=O. The molecule has 0 fully saturated rings. The van der Waals surface area contributed by atoms with E-state index in [1.807, 2.05) is 12.1 Å². The molecule has 35 heavy (non-hydrogen) atoms. The highest BCUT2D eigenvalue weighted by Crippen LogP contribution is 2.30. The van der Waals surface area contributed by atoms with Crippen molar-refractivity contribution in [1.82, 2.24) is 4.98 Å². The first kappa shape index (κ1) is 25.7. The van der Waals surface area contributed by atoms with Gasteiger partial charge in [-0.1, -0.05) is 24.3 Å². The minimum absolute atomic E-state index is 0.0984. The molecule has 2 N–H and O–H groups in total. The van der Waals surface area contributed by atoms with Crippen molar-refractivity contribution in [2.75, 3.05) is 4.90 Å². The van der Waals surface area contributed by atoms with E-state index >= 15 is 0 Å². The molecule has 0 aliphatic carbocycles. The van der Waals surface area contributed by atoms with Gasteiger partial charge in [-0.05, 0) is 73.9 Å². The summed E-state index contributed by atoms with van der Waals surface area (Å²) in [5.41, 5.74) is 6.53. The number of primary amides is 1. The number of aromatic nitrogens is 1. The van der Waals surface area contributed by atoms with Crippen molar-refractivity contribution in [1.29, 1.82) is 0 Å². The lowest BCUT2D eigenvalue weighted by atomic mass is 10.0. The smallest absolute Gasteiger partial charge is 0.416 e. The molecule has 3 rings (SSSR count). The number of ether oxygens (including phenoxy) is 1. The van der Waals surface area contributed by atoms with E-state index in [0.29, 0.717) is 11.3 Å². The first-order valence-electron chi connectivity index (χ1n) is 10.8. The second-order valence-corrected chi connectivity index (χ2v) is 8.95. The number of amides is 2. The van der Waals surface area contributed by atoms with Crippen molar-refractivity contribution in [3.8, 4) is 11.1 Å². The summed E-state index contributed by atoms with van der Waals surface area (Å²) in [6, 6.07) is 13.7. The van der Waals surface area contributed by atoms with Crippen molar-refractivity contribution >= 4 is 17.7 Å². The van der Waals surface area contributed by atoms with Crippen LogP contribution in [0.1, 0.15) is 31.9 Å². The first-order valence-corrected chi connectivity index (χ1v) is 10.8. The van der Waals surface area contributed by atoms with Gasteiger partial charge in [-0.15, -0.1) is 0 Å². The number of nitrogens with two attached hydrogens (primary N) is 1. The Morgan fingerprint density at radius 3 is 1.94 bits per heavy atom. The molecule has 0 spiro atoms. The molecule has 0 bridgehead atoms. The molecule has 0 aliphatic heterocycles. The fourth-order valence-corrected chi connectivity index (χ4v) is 3.45. The third-order valence-electron chi connectivity index (χ3n) is 5.10. The van der Waals surface area contributed by atoms with Crippen LogP contribution in [0.5, 0.6) is 0 Å². The summed E-state index contributed by atoms with van der Waals surface area (Å²) < 4.78 is 44.3. The number of nitrogens with zero attached hydrogens (tertiary/aromatic N) is 2. The summed E-state index contributed by atoms with van der Waals surface area (Å²) in [5, 5.41) is 0. The molecule has 184 valence electrons. The second kappa shape index (κ2) is 10.2. The normalized spacial score (nSPS) is 12.6. The maximum Gasteiger partial charge on any atom is 0.416 e. The van der Waals surface area contributed by atoms with Gasteiger partial charge in [-0.2, -0.15) is 13.2 Å². The van der Waals surface area contributed by atoms with Crippen molar-refractivity contribution in [3.63, 3.8) is 0 Å². The van der Waals surface area contributed by atoms with Crippen molar-refractivity contribution in [3.05, 3.63) is 84.2 Å². The van der Waals surface area contributed by atoms with Gasteiger partial charge in [0, 0.05) is 24.5 Å². The summed E-state index contributed by atoms with van der Waals surface area (Å²) >= 11 is 0. The molecule has 9 heteroatoms. The Labute approximate surface area is 201 Å². The molecule has 0 saturated carbocycles. The molecule has 0 saturated heterocycles. The van der Waals surface area contributed by atoms with Gasteiger partial charge in [-0.25, -0.2) is 4.79 Å². The Morgan fingerprint density at radius 1 is 0.914 bits per heavy atom. The van der Waals surface area contributed by atoms with Crippen LogP contribution in [0.2, 0.25) is 0 Å². The quantitative estimate of drug-likeness (QED) is 0.492. The van der Waals surface area contributed by atoms with Crippen LogP contribution < -0.4 is 10.6 Å². The van der Waals surface area contributed by atoms with E-state index in [2.05, 4.69) is 4.98 Å². The number of rotatable bonds is 6. The number of alkyl halides is 3. The minimum Gasteiger partial charge on any atom is -0.443 e. The Hall–Kier alpha value is -3.88. The number of pyridine rings is 1. The van der Waals surface area contributed by atoms with Gasteiger partial charge in [0.2, 0.25) is 5.91 Å². The Kier molecular flexibility index (Phi) is 7.48. The monoisotopic (exact) mass is 485 g/mol. The maximum atomic E-state index is 13.2. The molecule has 1 heterocycles. The predicted octanol–water partition coefficient (Wildman–Crippen LogP) is 5.61. The fraction of sp³-hybridized carbons (Fsp3) is 0.269. The van der Waals surface area contributed by atoms with Crippen LogP contribution in [0, 0.1) is 0 Å². The summed E-state index contributed by atoms with van der Waals surface area (Å²) in [4.78, 5) is 30.8. The van der Waals surface area contributed by atoms with E-state index in [1.165, 1.54) is 12.1 Å². The predicted molar refractivity (Wildman–Crippen MR) is 127 cm³/mol. The molecular formula is C26H26F3N3O3. The zero-order valence-corrected chi connectivity index (χ0v) is 19.5. The van der Waals surface area contributed by atoms with Gasteiger partial charge < -0.3 is 10.5 Å². The number of hydrogen-bond donors (Lipinski definition) is 1. The number of benzene rings is 2. The van der Waals surface area contributed by atoms with Gasteiger partial charge in [-0.3, -0.25) is 14.7 Å². The summed E-state index contributed by atoms with van der Waals surface area (Å²) in [7, 11) is 0. The molecule has 0 aliphatic rings. The zero-order valence-electron chi connectivity index (χ0n) is 19.5. The van der Waals surface area contributed by atoms with E-state index in [1.54, 1.807) is 57.4 Å². The first-order chi connectivity index (χ1) is 16.3. The molecule has 6 nitrogen and oxygen atoms in total. The van der Waals surface area contributed by atoms with Crippen LogP contribution in [0.4, 0.5) is 23.7 Å². The van der Waals surface area contributed by atoms with Crippen LogP contribution in [0.25, 0.3) is 11.1 Å². The third-order valence-corrected chi connectivity index (χ3v) is 5.10. The average molecular weight is 486 g/mol. The van der Waals surface area contributed by atoms with Gasteiger partial charge in [0.05, 0.1) is 5.56 Å². The minimum atomic E-state index is -4.49. The van der Waals surface area contributed by atoms with Crippen molar-refractivity contribution in [2.45, 2.75) is 45.0 Å². The lowest BCUT2D eigenvalue weighted by Crippen LogP contribution is -2.51. The highest BCUT2D eigenvalue weighted by atomic mass is 19.4. The van der Waals surface area contributed by atoms with Gasteiger partial charge >= 0.3 is 12.3 Å². The van der Waals surface area contributed by atoms with Crippen molar-refractivity contribution in [2.24, 2.45) is 5.73 Å². The van der Waals surface area contributed by atoms with Gasteiger partial charge in [0.25, 0.3) is 0 Å². The highest BCUT2D eigenvalue weighted by molar-refractivity contribution is 5.97. The number of hydrogen-bond acceptors (Lipinski definition) is 4. The number of carbonyl (C=O) groups is 2. The molecule has 0 unspecified atom stereocenters. The third kappa shape index (κ3) is 6.81. The van der Waals surface area contributed by atoms with Crippen LogP contribution in [-0.2, 0) is 22.1 Å². The van der Waals surface area contributed by atoms with Crippen LogP contribution in [0.3, 0.4) is 0 Å². The van der Waals surface area contributed by atoms with Crippen LogP contribution >= 0.6 is 0 Å². The molecular weight excluding hydrogens is 459 g/mol. The fourth-order valence-electron chi connectivity index (χ4n) is 3.45. The van der Waals surface area contributed by atoms with E-state index in [9.17, 15) is 22.8 Å². The molecule has 1 atom stereocenters. The summed E-state index contributed by atoms with van der Waals surface area (Å²) in [6.45, 7) is 5.06. The van der Waals surface area contributed by atoms with Gasteiger partial charge in [0.1, 0.15) is 11.6 Å². The van der Waals surface area contributed by atoms with E-state index < -0.39 is 35.4 Å². The second-order valence-electron chi connectivity index (χ2n) is 8.95. The number of anilines is 1. The van der Waals surface area contributed by atoms with Crippen LogP contribution in [-0.4, -0.2) is 28.6 Å². The molecule has 3 aromatic rings. The summed E-state index contributed by atoms with van der Waals surface area (Å²) in [5.74, 6) is -0.825. The summed E-state index contributed by atoms with van der Waals surface area (Å²) in [6.07, 6.45) is -2.07. The van der Waals surface area contributed by atoms with E-state index in [4.69, 9.17) is 10.5 Å². The standard InChI is InChI=1S/C26H26F3N3O3/c1-25(2,3)35-24(34)32(21-10-6-18(7-11-21)19-12-14-31-15-13-19)22(23(30)33)16-17-4-8-20(9-5-17)26(27,28)29/h4-15,22H,16H2,1-3H3,(H2,30,33)/t22-/m1/s1. The zero-order chi connectivity index (χ0) is 25.8. The largest absolute Gasteiger partial charge is 0.443 e. The van der Waals surface area contributed by atoms with E-state index in [-0.39, 0.29) is 6.42 Å². The Morgan fingerprint density at radius 2 is 1.46 bits per heavy atom. The highest BCUT2D eigenvalue weighted by Gasteiger charge is 2.34. The average Bonchev–Trinajstić information content (AvgIpc) is 2.78. The van der Waals surface area contributed by atoms with Crippen LogP contribution in [0.15, 0.2) is 73.1 Å². The lowest BCUT2D eigenvalue weighted by Gasteiger charge is -2.32. The lowest BCUT2D eigenvalue weighted by molar-refractivity contribution is -0.137. The molecule has 2 aromatic carbocycles. The Bertz CT molecular complexity index is 1160. The molecule has 1 aromatic heterocycles. The van der Waals surface area contributed by atoms with Crippen molar-refractivity contribution < 1.29 is 27.5 Å². The molecule has 0 radical (unpaired) electrons. The number of carbonyl (C=O) groups excluding carboxylic acids is 2. The molecule has 2 amide bonds. The Balaban J connectivity index is 1.97. The van der Waals surface area contributed by atoms with Gasteiger partial charge in [0.15, 0.2) is 0 Å². The number of halogens is 3. The van der Waals surface area contributed by atoms with E-state index in [0.717, 1.165) is 28.2 Å².